The highest BCUT2D eigenvalue weighted by Crippen LogP contribution is 2.22. The van der Waals surface area contributed by atoms with Gasteiger partial charge < -0.3 is 10.1 Å². The number of hydrogen-bond acceptors (Lipinski definition) is 5. The van der Waals surface area contributed by atoms with E-state index >= 15 is 0 Å². The average Bonchev–Trinajstić information content (AvgIpc) is 2.59. The molecule has 1 atom stereocenters. The molecule has 25 heavy (non-hydrogen) atoms. The molecule has 0 saturated heterocycles. The Balaban J connectivity index is 2.31. The van der Waals surface area contributed by atoms with E-state index in [1.807, 2.05) is 39.0 Å². The van der Waals surface area contributed by atoms with Crippen molar-refractivity contribution >= 4 is 28.6 Å². The Hall–Kier alpha value is -1.86. The van der Waals surface area contributed by atoms with E-state index in [0.29, 0.717) is 41.7 Å². The number of para-hydroxylation sites is 1. The molecule has 1 aromatic carbocycles. The van der Waals surface area contributed by atoms with Crippen LogP contribution in [0.3, 0.4) is 0 Å². The Labute approximate surface area is 152 Å². The summed E-state index contributed by atoms with van der Waals surface area (Å²) in [6, 6.07) is 7.24. The molecule has 1 heterocycles. The number of benzene rings is 1. The van der Waals surface area contributed by atoms with Gasteiger partial charge in [0.1, 0.15) is 0 Å². The lowest BCUT2D eigenvalue weighted by Crippen LogP contribution is -2.34. The molecule has 1 aromatic heterocycles. The van der Waals surface area contributed by atoms with Crippen LogP contribution >= 0.6 is 11.8 Å². The second kappa shape index (κ2) is 9.01. The smallest absolute Gasteiger partial charge is 0.262 e. The van der Waals surface area contributed by atoms with Crippen LogP contribution in [-0.4, -0.2) is 41.0 Å². The fraction of sp³-hybridized carbons (Fsp3) is 0.500. The molecule has 2 aromatic rings. The summed E-state index contributed by atoms with van der Waals surface area (Å²) in [5.41, 5.74) is 0.526. The summed E-state index contributed by atoms with van der Waals surface area (Å²) in [5, 5.41) is 3.67. The van der Waals surface area contributed by atoms with E-state index in [1.54, 1.807) is 17.7 Å². The molecule has 2 rings (SSSR count). The van der Waals surface area contributed by atoms with E-state index in [1.165, 1.54) is 11.8 Å². The lowest BCUT2D eigenvalue weighted by atomic mass is 10.2. The molecule has 0 spiro atoms. The van der Waals surface area contributed by atoms with Gasteiger partial charge in [0.15, 0.2) is 5.16 Å². The third kappa shape index (κ3) is 5.06. The summed E-state index contributed by atoms with van der Waals surface area (Å²) < 4.78 is 6.70. The Morgan fingerprint density at radius 2 is 2.04 bits per heavy atom. The van der Waals surface area contributed by atoms with Crippen LogP contribution in [0, 0.1) is 5.92 Å². The number of carbonyl (C=O) groups is 1. The van der Waals surface area contributed by atoms with Crippen molar-refractivity contribution in [3.8, 4) is 0 Å². The number of methoxy groups -OCH3 is 1. The zero-order valence-electron chi connectivity index (χ0n) is 15.1. The predicted octanol–water partition coefficient (Wildman–Crippen LogP) is 2.30. The van der Waals surface area contributed by atoms with Crippen molar-refractivity contribution < 1.29 is 9.53 Å². The summed E-state index contributed by atoms with van der Waals surface area (Å²) in [6.45, 7) is 7.35. The molecule has 0 unspecified atom stereocenters. The Kier molecular flexibility index (Phi) is 7.01. The molecule has 0 aliphatic rings. The first-order valence-electron chi connectivity index (χ1n) is 8.37. The van der Waals surface area contributed by atoms with Crippen LogP contribution in [0.4, 0.5) is 0 Å². The standard InChI is InChI=1S/C18H25N3O3S/c1-12(2)11-19-16(22)13(3)25-18-20-15-8-6-5-7-14(15)17(23)21(18)9-10-24-4/h5-8,12-13H,9-11H2,1-4H3,(H,19,22)/t13-/m1/s1. The summed E-state index contributed by atoms with van der Waals surface area (Å²) in [7, 11) is 1.59. The summed E-state index contributed by atoms with van der Waals surface area (Å²) >= 11 is 1.29. The lowest BCUT2D eigenvalue weighted by Gasteiger charge is -2.16. The number of hydrogen-bond donors (Lipinski definition) is 1. The van der Waals surface area contributed by atoms with Crippen molar-refractivity contribution in [3.05, 3.63) is 34.6 Å². The Morgan fingerprint density at radius 3 is 2.72 bits per heavy atom. The van der Waals surface area contributed by atoms with Gasteiger partial charge in [0, 0.05) is 13.7 Å². The Morgan fingerprint density at radius 1 is 1.32 bits per heavy atom. The van der Waals surface area contributed by atoms with Crippen LogP contribution in [0.2, 0.25) is 0 Å². The molecular weight excluding hydrogens is 338 g/mol. The second-order valence-corrected chi connectivity index (χ2v) is 7.57. The molecule has 0 bridgehead atoms. The van der Waals surface area contributed by atoms with Gasteiger partial charge in [-0.2, -0.15) is 0 Å². The fourth-order valence-corrected chi connectivity index (χ4v) is 3.24. The number of fused-ring (bicyclic) bond motifs is 1. The molecule has 0 radical (unpaired) electrons. The van der Waals surface area contributed by atoms with E-state index in [0.717, 1.165) is 0 Å². The fourth-order valence-electron chi connectivity index (χ4n) is 2.28. The minimum Gasteiger partial charge on any atom is -0.383 e. The molecule has 0 saturated carbocycles. The van der Waals surface area contributed by atoms with Crippen molar-refractivity contribution in [2.24, 2.45) is 5.92 Å². The van der Waals surface area contributed by atoms with Gasteiger partial charge in [-0.3, -0.25) is 14.2 Å². The van der Waals surface area contributed by atoms with Crippen molar-refractivity contribution in [2.75, 3.05) is 20.3 Å². The number of nitrogens with zero attached hydrogens (tertiary/aromatic N) is 2. The molecule has 0 fully saturated rings. The van der Waals surface area contributed by atoms with E-state index in [9.17, 15) is 9.59 Å². The minimum absolute atomic E-state index is 0.0561. The normalized spacial score (nSPS) is 12.5. The number of rotatable bonds is 8. The SMILES string of the molecule is COCCn1c(S[C@H](C)C(=O)NCC(C)C)nc2ccccc2c1=O. The number of ether oxygens (including phenoxy) is 1. The Bertz CT molecular complexity index is 789. The molecule has 7 heteroatoms. The highest BCUT2D eigenvalue weighted by Gasteiger charge is 2.19. The summed E-state index contributed by atoms with van der Waals surface area (Å²) in [5.74, 6) is 0.333. The average molecular weight is 363 g/mol. The van der Waals surface area contributed by atoms with Gasteiger partial charge in [-0.15, -0.1) is 0 Å². The predicted molar refractivity (Wildman–Crippen MR) is 101 cm³/mol. The van der Waals surface area contributed by atoms with E-state index in [2.05, 4.69) is 10.3 Å². The van der Waals surface area contributed by atoms with Crippen LogP contribution in [0.25, 0.3) is 10.9 Å². The van der Waals surface area contributed by atoms with Crippen molar-refractivity contribution in [3.63, 3.8) is 0 Å². The van der Waals surface area contributed by atoms with E-state index in [-0.39, 0.29) is 16.7 Å². The van der Waals surface area contributed by atoms with Crippen LogP contribution in [0.1, 0.15) is 20.8 Å². The molecular formula is C18H25N3O3S. The number of carbonyl (C=O) groups excluding carboxylic acids is 1. The highest BCUT2D eigenvalue weighted by atomic mass is 32.2. The lowest BCUT2D eigenvalue weighted by molar-refractivity contribution is -0.120. The second-order valence-electron chi connectivity index (χ2n) is 6.26. The third-order valence-electron chi connectivity index (χ3n) is 3.68. The minimum atomic E-state index is -0.347. The van der Waals surface area contributed by atoms with Gasteiger partial charge in [0.25, 0.3) is 5.56 Å². The first kappa shape index (κ1) is 19.5. The number of thioether (sulfide) groups is 1. The van der Waals surface area contributed by atoms with Gasteiger partial charge in [-0.05, 0) is 25.0 Å². The maximum atomic E-state index is 12.8. The van der Waals surface area contributed by atoms with Gasteiger partial charge in [0.2, 0.25) is 5.91 Å². The molecule has 1 N–H and O–H groups in total. The molecule has 136 valence electrons. The number of aromatic nitrogens is 2. The molecule has 0 aliphatic heterocycles. The highest BCUT2D eigenvalue weighted by molar-refractivity contribution is 8.00. The van der Waals surface area contributed by atoms with Crippen LogP contribution in [-0.2, 0) is 16.1 Å². The zero-order valence-corrected chi connectivity index (χ0v) is 15.9. The monoisotopic (exact) mass is 363 g/mol. The molecule has 0 aliphatic carbocycles. The van der Waals surface area contributed by atoms with Crippen molar-refractivity contribution in [2.45, 2.75) is 37.7 Å². The van der Waals surface area contributed by atoms with Gasteiger partial charge in [0.05, 0.1) is 29.3 Å². The van der Waals surface area contributed by atoms with Crippen molar-refractivity contribution in [1.82, 2.24) is 14.9 Å². The molecule has 1 amide bonds. The maximum Gasteiger partial charge on any atom is 0.262 e. The van der Waals surface area contributed by atoms with E-state index < -0.39 is 0 Å². The van der Waals surface area contributed by atoms with Gasteiger partial charge in [-0.1, -0.05) is 37.7 Å². The van der Waals surface area contributed by atoms with E-state index in [4.69, 9.17) is 4.74 Å². The number of amides is 1. The van der Waals surface area contributed by atoms with Crippen LogP contribution < -0.4 is 10.9 Å². The first-order valence-corrected chi connectivity index (χ1v) is 9.25. The first-order chi connectivity index (χ1) is 11.9. The van der Waals surface area contributed by atoms with Crippen LogP contribution in [0.15, 0.2) is 34.2 Å². The van der Waals surface area contributed by atoms with Gasteiger partial charge in [-0.25, -0.2) is 4.98 Å². The number of nitrogens with one attached hydrogen (secondary N) is 1. The summed E-state index contributed by atoms with van der Waals surface area (Å²) in [6.07, 6.45) is 0. The topological polar surface area (TPSA) is 73.2 Å². The van der Waals surface area contributed by atoms with Crippen LogP contribution in [0.5, 0.6) is 0 Å². The molecule has 6 nitrogen and oxygen atoms in total. The van der Waals surface area contributed by atoms with Gasteiger partial charge >= 0.3 is 0 Å². The third-order valence-corrected chi connectivity index (χ3v) is 4.77. The largest absolute Gasteiger partial charge is 0.383 e. The maximum absolute atomic E-state index is 12.8. The zero-order chi connectivity index (χ0) is 18.4. The summed E-state index contributed by atoms with van der Waals surface area (Å²) in [4.78, 5) is 29.6. The quantitative estimate of drug-likeness (QED) is 0.575. The van der Waals surface area contributed by atoms with Crippen molar-refractivity contribution in [1.29, 1.82) is 0 Å².